The van der Waals surface area contributed by atoms with E-state index in [0.717, 1.165) is 0 Å². The van der Waals surface area contributed by atoms with Crippen molar-refractivity contribution >= 4 is 0 Å². The molecule has 2 aliphatic heterocycles. The lowest BCUT2D eigenvalue weighted by Gasteiger charge is -2.39. The van der Waals surface area contributed by atoms with Gasteiger partial charge in [0.05, 0.1) is 19.8 Å². The van der Waals surface area contributed by atoms with Gasteiger partial charge in [-0.25, -0.2) is 0 Å². The minimum atomic E-state index is -2.34. The van der Waals surface area contributed by atoms with Crippen molar-refractivity contribution in [2.45, 2.75) is 54.8 Å². The monoisotopic (exact) mass is 342 g/mol. The molecule has 2 aliphatic rings. The fourth-order valence-corrected chi connectivity index (χ4v) is 2.53. The van der Waals surface area contributed by atoms with Gasteiger partial charge < -0.3 is 55.1 Å². The number of ether oxygens (including phenoxy) is 3. The maximum absolute atomic E-state index is 9.78. The first-order valence-electron chi connectivity index (χ1n) is 7.04. The SMILES string of the molecule is OC[C@H]1O[C@H](OC[C@H]2OC(O)(CO)[C@@H](O)[C@H]2O)[C@H](O)[C@@H](O)[C@H]1O. The molecule has 0 radical (unpaired) electrons. The van der Waals surface area contributed by atoms with Gasteiger partial charge in [0.25, 0.3) is 0 Å². The smallest absolute Gasteiger partial charge is 0.219 e. The molecule has 9 atom stereocenters. The van der Waals surface area contributed by atoms with Gasteiger partial charge in [-0.2, -0.15) is 0 Å². The molecule has 0 saturated carbocycles. The molecule has 0 bridgehead atoms. The first kappa shape index (κ1) is 18.9. The van der Waals surface area contributed by atoms with E-state index in [4.69, 9.17) is 24.4 Å². The standard InChI is InChI=1S/C12H22O11/c13-1-4-6(15)8(17)9(18)11(22-4)21-2-5-7(16)10(19)12(20,3-14)23-5/h4-11,13-20H,1-3H2/t4-,5-,6+,7+,8+,9-,10+,11+,12?/m1/s1. The van der Waals surface area contributed by atoms with Crippen molar-refractivity contribution in [3.8, 4) is 0 Å². The minimum Gasteiger partial charge on any atom is -0.394 e. The van der Waals surface area contributed by atoms with Gasteiger partial charge in [0.1, 0.15) is 42.7 Å². The van der Waals surface area contributed by atoms with Crippen LogP contribution in [0.4, 0.5) is 0 Å². The molecule has 0 amide bonds. The number of rotatable bonds is 5. The van der Waals surface area contributed by atoms with Crippen LogP contribution in [0.25, 0.3) is 0 Å². The molecule has 2 heterocycles. The summed E-state index contributed by atoms with van der Waals surface area (Å²) in [6.45, 7) is -2.05. The van der Waals surface area contributed by atoms with Crippen LogP contribution in [0, 0.1) is 0 Å². The van der Waals surface area contributed by atoms with Crippen molar-refractivity contribution in [3.05, 3.63) is 0 Å². The highest BCUT2D eigenvalue weighted by Crippen LogP contribution is 2.30. The first-order chi connectivity index (χ1) is 10.7. The molecule has 0 aromatic carbocycles. The molecule has 2 fully saturated rings. The Balaban J connectivity index is 1.95. The van der Waals surface area contributed by atoms with E-state index in [1.165, 1.54) is 0 Å². The average molecular weight is 342 g/mol. The van der Waals surface area contributed by atoms with E-state index in [0.29, 0.717) is 0 Å². The van der Waals surface area contributed by atoms with Gasteiger partial charge >= 0.3 is 0 Å². The van der Waals surface area contributed by atoms with Gasteiger partial charge in [-0.1, -0.05) is 0 Å². The van der Waals surface area contributed by atoms with Crippen LogP contribution in [-0.4, -0.2) is 115 Å². The number of aliphatic hydroxyl groups excluding tert-OH is 7. The van der Waals surface area contributed by atoms with E-state index in [1.807, 2.05) is 0 Å². The van der Waals surface area contributed by atoms with Gasteiger partial charge in [0.2, 0.25) is 5.79 Å². The predicted molar refractivity (Wildman–Crippen MR) is 68.6 cm³/mol. The Morgan fingerprint density at radius 3 is 2.04 bits per heavy atom. The Kier molecular flexibility index (Phi) is 5.92. The lowest BCUT2D eigenvalue weighted by atomic mass is 9.99. The normalized spacial score (nSPS) is 51.1. The highest BCUT2D eigenvalue weighted by Gasteiger charge is 2.53. The van der Waals surface area contributed by atoms with Crippen molar-refractivity contribution in [2.24, 2.45) is 0 Å². The van der Waals surface area contributed by atoms with Crippen LogP contribution in [-0.2, 0) is 14.2 Å². The highest BCUT2D eigenvalue weighted by atomic mass is 16.7. The molecule has 0 spiro atoms. The van der Waals surface area contributed by atoms with E-state index in [-0.39, 0.29) is 0 Å². The second-order valence-electron chi connectivity index (χ2n) is 5.63. The molecule has 0 aromatic rings. The number of hydrogen-bond acceptors (Lipinski definition) is 11. The van der Waals surface area contributed by atoms with Gasteiger partial charge in [-0.3, -0.25) is 0 Å². The minimum absolute atomic E-state index is 0.469. The zero-order chi connectivity index (χ0) is 17.4. The summed E-state index contributed by atoms with van der Waals surface area (Å²) < 4.78 is 15.2. The summed E-state index contributed by atoms with van der Waals surface area (Å²) >= 11 is 0. The highest BCUT2D eigenvalue weighted by molar-refractivity contribution is 4.95. The third-order valence-corrected chi connectivity index (χ3v) is 4.02. The molecule has 136 valence electrons. The Morgan fingerprint density at radius 1 is 0.870 bits per heavy atom. The zero-order valence-corrected chi connectivity index (χ0v) is 12.0. The van der Waals surface area contributed by atoms with Gasteiger partial charge in [0, 0.05) is 0 Å². The van der Waals surface area contributed by atoms with Crippen molar-refractivity contribution < 1.29 is 55.1 Å². The lowest BCUT2D eigenvalue weighted by molar-refractivity contribution is -0.310. The molecule has 11 heteroatoms. The fourth-order valence-electron chi connectivity index (χ4n) is 2.53. The number of aliphatic hydroxyl groups is 8. The topological polar surface area (TPSA) is 190 Å². The van der Waals surface area contributed by atoms with E-state index in [2.05, 4.69) is 0 Å². The summed E-state index contributed by atoms with van der Waals surface area (Å²) in [5, 5.41) is 76.1. The van der Waals surface area contributed by atoms with E-state index < -0.39 is 74.6 Å². The van der Waals surface area contributed by atoms with Crippen molar-refractivity contribution in [3.63, 3.8) is 0 Å². The molecular weight excluding hydrogens is 320 g/mol. The fraction of sp³-hybridized carbons (Fsp3) is 1.00. The molecule has 11 nitrogen and oxygen atoms in total. The van der Waals surface area contributed by atoms with Crippen LogP contribution >= 0.6 is 0 Å². The summed E-state index contributed by atoms with van der Waals surface area (Å²) in [6, 6.07) is 0. The summed E-state index contributed by atoms with van der Waals surface area (Å²) in [7, 11) is 0. The van der Waals surface area contributed by atoms with Crippen molar-refractivity contribution in [1.82, 2.24) is 0 Å². The van der Waals surface area contributed by atoms with E-state index in [1.54, 1.807) is 0 Å². The molecule has 2 saturated heterocycles. The Morgan fingerprint density at radius 2 is 1.52 bits per heavy atom. The summed E-state index contributed by atoms with van der Waals surface area (Å²) in [5.41, 5.74) is 0. The maximum Gasteiger partial charge on any atom is 0.219 e. The Bertz CT molecular complexity index is 393. The second kappa shape index (κ2) is 7.21. The summed E-state index contributed by atoms with van der Waals surface area (Å²) in [5.74, 6) is -2.34. The van der Waals surface area contributed by atoms with Crippen LogP contribution in [0.1, 0.15) is 0 Å². The molecule has 1 unspecified atom stereocenters. The first-order valence-corrected chi connectivity index (χ1v) is 7.04. The van der Waals surface area contributed by atoms with Crippen LogP contribution in [0.15, 0.2) is 0 Å². The molecule has 0 aliphatic carbocycles. The van der Waals surface area contributed by atoms with Gasteiger partial charge in [-0.05, 0) is 0 Å². The predicted octanol–water partition coefficient (Wildman–Crippen LogP) is -5.40. The van der Waals surface area contributed by atoms with Crippen LogP contribution < -0.4 is 0 Å². The van der Waals surface area contributed by atoms with Crippen LogP contribution in [0.5, 0.6) is 0 Å². The maximum atomic E-state index is 9.78. The quantitative estimate of drug-likeness (QED) is 0.238. The Hall–Kier alpha value is -0.440. The zero-order valence-electron chi connectivity index (χ0n) is 12.0. The van der Waals surface area contributed by atoms with Crippen LogP contribution in [0.2, 0.25) is 0 Å². The number of hydrogen-bond donors (Lipinski definition) is 8. The average Bonchev–Trinajstić information content (AvgIpc) is 2.77. The lowest BCUT2D eigenvalue weighted by Crippen LogP contribution is -2.59. The summed E-state index contributed by atoms with van der Waals surface area (Å²) in [4.78, 5) is 0. The molecule has 2 rings (SSSR count). The van der Waals surface area contributed by atoms with E-state index >= 15 is 0 Å². The van der Waals surface area contributed by atoms with Gasteiger partial charge in [0.15, 0.2) is 6.29 Å². The van der Waals surface area contributed by atoms with Gasteiger partial charge in [-0.15, -0.1) is 0 Å². The molecule has 0 aromatic heterocycles. The molecule has 8 N–H and O–H groups in total. The molecular formula is C12H22O11. The largest absolute Gasteiger partial charge is 0.394 e. The summed E-state index contributed by atoms with van der Waals surface area (Å²) in [6.07, 6.45) is -12.0. The Labute approximate surface area is 130 Å². The van der Waals surface area contributed by atoms with Crippen molar-refractivity contribution in [2.75, 3.05) is 19.8 Å². The van der Waals surface area contributed by atoms with E-state index in [9.17, 15) is 30.6 Å². The third-order valence-electron chi connectivity index (χ3n) is 4.02. The molecule has 23 heavy (non-hydrogen) atoms. The van der Waals surface area contributed by atoms with Crippen LogP contribution in [0.3, 0.4) is 0 Å². The third kappa shape index (κ3) is 3.50. The van der Waals surface area contributed by atoms with Crippen molar-refractivity contribution in [1.29, 1.82) is 0 Å². The second-order valence-corrected chi connectivity index (χ2v) is 5.63.